The van der Waals surface area contributed by atoms with Gasteiger partial charge in [0.25, 0.3) is 0 Å². The van der Waals surface area contributed by atoms with Crippen LogP contribution < -0.4 is 10.5 Å². The van der Waals surface area contributed by atoms with E-state index < -0.39 is 0 Å². The SMILES string of the molecule is COc1c(F)cc(C)c(Br)c1CCN. The van der Waals surface area contributed by atoms with Gasteiger partial charge < -0.3 is 10.5 Å². The van der Waals surface area contributed by atoms with Gasteiger partial charge >= 0.3 is 0 Å². The first-order valence-corrected chi connectivity index (χ1v) is 5.12. The highest BCUT2D eigenvalue weighted by Gasteiger charge is 2.14. The summed E-state index contributed by atoms with van der Waals surface area (Å²) in [5.74, 6) is -0.0513. The van der Waals surface area contributed by atoms with E-state index >= 15 is 0 Å². The molecule has 0 unspecified atom stereocenters. The molecule has 0 spiro atoms. The molecule has 2 nitrogen and oxygen atoms in total. The molecule has 2 N–H and O–H groups in total. The smallest absolute Gasteiger partial charge is 0.165 e. The third kappa shape index (κ3) is 2.07. The summed E-state index contributed by atoms with van der Waals surface area (Å²) in [7, 11) is 1.46. The summed E-state index contributed by atoms with van der Waals surface area (Å²) in [6, 6.07) is 1.45. The lowest BCUT2D eigenvalue weighted by molar-refractivity contribution is 0.380. The molecule has 0 aliphatic carbocycles. The van der Waals surface area contributed by atoms with Crippen molar-refractivity contribution in [2.45, 2.75) is 13.3 Å². The minimum absolute atomic E-state index is 0.285. The number of nitrogens with two attached hydrogens (primary N) is 1. The highest BCUT2D eigenvalue weighted by molar-refractivity contribution is 9.10. The molecule has 0 heterocycles. The topological polar surface area (TPSA) is 35.2 Å². The number of halogens is 2. The van der Waals surface area contributed by atoms with Crippen LogP contribution in [0.3, 0.4) is 0 Å². The lowest BCUT2D eigenvalue weighted by atomic mass is 10.1. The maximum absolute atomic E-state index is 13.4. The maximum Gasteiger partial charge on any atom is 0.165 e. The number of hydrogen-bond donors (Lipinski definition) is 1. The zero-order valence-corrected chi connectivity index (χ0v) is 9.82. The second kappa shape index (κ2) is 4.75. The number of hydrogen-bond acceptors (Lipinski definition) is 2. The van der Waals surface area contributed by atoms with Crippen LogP contribution >= 0.6 is 15.9 Å². The van der Waals surface area contributed by atoms with E-state index in [2.05, 4.69) is 15.9 Å². The molecule has 0 saturated carbocycles. The van der Waals surface area contributed by atoms with Crippen LogP contribution in [0.5, 0.6) is 5.75 Å². The van der Waals surface area contributed by atoms with Crippen molar-refractivity contribution in [2.24, 2.45) is 5.73 Å². The second-order valence-electron chi connectivity index (χ2n) is 3.04. The minimum atomic E-state index is -0.336. The van der Waals surface area contributed by atoms with E-state index in [0.717, 1.165) is 15.6 Å². The Morgan fingerprint density at radius 3 is 2.71 bits per heavy atom. The van der Waals surface area contributed by atoms with Crippen LogP contribution in [0.15, 0.2) is 10.5 Å². The Kier molecular flexibility index (Phi) is 3.89. The Morgan fingerprint density at radius 2 is 2.21 bits per heavy atom. The summed E-state index contributed by atoms with van der Waals surface area (Å²) >= 11 is 3.40. The normalized spacial score (nSPS) is 10.4. The Balaban J connectivity index is 3.32. The number of rotatable bonds is 3. The lowest BCUT2D eigenvalue weighted by Crippen LogP contribution is -2.07. The van der Waals surface area contributed by atoms with Crippen LogP contribution in [0.4, 0.5) is 4.39 Å². The predicted molar refractivity (Wildman–Crippen MR) is 58.1 cm³/mol. The van der Waals surface area contributed by atoms with Gasteiger partial charge in [-0.25, -0.2) is 4.39 Å². The molecule has 0 saturated heterocycles. The van der Waals surface area contributed by atoms with Crippen molar-refractivity contribution in [2.75, 3.05) is 13.7 Å². The fourth-order valence-electron chi connectivity index (χ4n) is 1.39. The summed E-state index contributed by atoms with van der Waals surface area (Å²) in [6.45, 7) is 2.31. The molecular formula is C10H13BrFNO. The third-order valence-corrected chi connectivity index (χ3v) is 3.15. The molecule has 78 valence electrons. The molecule has 0 atom stereocenters. The first kappa shape index (κ1) is 11.5. The molecule has 0 amide bonds. The van der Waals surface area contributed by atoms with Crippen LogP contribution in [0.25, 0.3) is 0 Å². The van der Waals surface area contributed by atoms with Gasteiger partial charge in [0.1, 0.15) is 0 Å². The minimum Gasteiger partial charge on any atom is -0.493 e. The van der Waals surface area contributed by atoms with Gasteiger partial charge in [0.05, 0.1) is 7.11 Å². The van der Waals surface area contributed by atoms with Crippen LogP contribution in [-0.4, -0.2) is 13.7 Å². The standard InChI is InChI=1S/C10H13BrFNO/c1-6-5-8(12)10(14-2)7(3-4-13)9(6)11/h5H,3-4,13H2,1-2H3. The molecule has 0 aliphatic rings. The number of ether oxygens (including phenoxy) is 1. The zero-order valence-electron chi connectivity index (χ0n) is 8.23. The summed E-state index contributed by atoms with van der Waals surface area (Å²) in [5, 5.41) is 0. The van der Waals surface area contributed by atoms with E-state index in [1.807, 2.05) is 6.92 Å². The first-order valence-electron chi connectivity index (χ1n) is 4.33. The van der Waals surface area contributed by atoms with Gasteiger partial charge in [-0.05, 0) is 31.5 Å². The molecule has 1 rings (SSSR count). The largest absolute Gasteiger partial charge is 0.493 e. The van der Waals surface area contributed by atoms with Crippen molar-refractivity contribution >= 4 is 15.9 Å². The van der Waals surface area contributed by atoms with Crippen molar-refractivity contribution < 1.29 is 9.13 Å². The average molecular weight is 262 g/mol. The van der Waals surface area contributed by atoms with Gasteiger partial charge in [-0.1, -0.05) is 15.9 Å². The molecule has 1 aromatic carbocycles. The first-order chi connectivity index (χ1) is 6.61. The van der Waals surface area contributed by atoms with Gasteiger partial charge in [-0.3, -0.25) is 0 Å². The monoisotopic (exact) mass is 261 g/mol. The van der Waals surface area contributed by atoms with Crippen LogP contribution in [-0.2, 0) is 6.42 Å². The predicted octanol–water partition coefficient (Wildman–Crippen LogP) is 2.41. The third-order valence-electron chi connectivity index (χ3n) is 2.04. The molecule has 0 aromatic heterocycles. The molecule has 0 radical (unpaired) electrons. The van der Waals surface area contributed by atoms with E-state index in [9.17, 15) is 4.39 Å². The van der Waals surface area contributed by atoms with Crippen LogP contribution in [0, 0.1) is 12.7 Å². The molecule has 14 heavy (non-hydrogen) atoms. The fraction of sp³-hybridized carbons (Fsp3) is 0.400. The van der Waals surface area contributed by atoms with Crippen LogP contribution in [0.2, 0.25) is 0 Å². The van der Waals surface area contributed by atoms with E-state index in [1.165, 1.54) is 13.2 Å². The highest BCUT2D eigenvalue weighted by atomic mass is 79.9. The Hall–Kier alpha value is -0.610. The van der Waals surface area contributed by atoms with Gasteiger partial charge in [0, 0.05) is 10.0 Å². The highest BCUT2D eigenvalue weighted by Crippen LogP contribution is 2.32. The van der Waals surface area contributed by atoms with Crippen molar-refractivity contribution in [3.8, 4) is 5.75 Å². The summed E-state index contributed by atoms with van der Waals surface area (Å²) < 4.78 is 19.3. The van der Waals surface area contributed by atoms with E-state index in [0.29, 0.717) is 13.0 Å². The Morgan fingerprint density at radius 1 is 1.57 bits per heavy atom. The lowest BCUT2D eigenvalue weighted by Gasteiger charge is -2.12. The summed E-state index contributed by atoms with van der Waals surface area (Å²) in [4.78, 5) is 0. The van der Waals surface area contributed by atoms with Gasteiger partial charge in [-0.2, -0.15) is 0 Å². The Bertz CT molecular complexity index is 341. The molecular weight excluding hydrogens is 249 g/mol. The molecule has 4 heteroatoms. The van der Waals surface area contributed by atoms with Crippen molar-refractivity contribution in [3.63, 3.8) is 0 Å². The molecule has 0 bridgehead atoms. The summed E-state index contributed by atoms with van der Waals surface area (Å²) in [5.41, 5.74) is 7.11. The molecule has 0 fully saturated rings. The number of methoxy groups -OCH3 is 1. The van der Waals surface area contributed by atoms with E-state index in [-0.39, 0.29) is 11.6 Å². The van der Waals surface area contributed by atoms with Gasteiger partial charge in [-0.15, -0.1) is 0 Å². The van der Waals surface area contributed by atoms with Crippen LogP contribution in [0.1, 0.15) is 11.1 Å². The Labute approximate surface area is 91.4 Å². The zero-order chi connectivity index (χ0) is 10.7. The van der Waals surface area contributed by atoms with Gasteiger partial charge in [0.15, 0.2) is 11.6 Å². The summed E-state index contributed by atoms with van der Waals surface area (Å²) in [6.07, 6.45) is 0.600. The molecule has 0 aliphatic heterocycles. The van der Waals surface area contributed by atoms with Crippen molar-refractivity contribution in [3.05, 3.63) is 27.5 Å². The van der Waals surface area contributed by atoms with Gasteiger partial charge in [0.2, 0.25) is 0 Å². The maximum atomic E-state index is 13.4. The number of benzene rings is 1. The average Bonchev–Trinajstić information content (AvgIpc) is 2.14. The molecule has 1 aromatic rings. The van der Waals surface area contributed by atoms with E-state index in [4.69, 9.17) is 10.5 Å². The number of aryl methyl sites for hydroxylation is 1. The van der Waals surface area contributed by atoms with E-state index in [1.54, 1.807) is 0 Å². The second-order valence-corrected chi connectivity index (χ2v) is 3.83. The van der Waals surface area contributed by atoms with Crippen molar-refractivity contribution in [1.82, 2.24) is 0 Å². The van der Waals surface area contributed by atoms with Crippen molar-refractivity contribution in [1.29, 1.82) is 0 Å². The fourth-order valence-corrected chi connectivity index (χ4v) is 1.88. The quantitative estimate of drug-likeness (QED) is 0.907.